The molecule has 0 saturated heterocycles. The van der Waals surface area contributed by atoms with Gasteiger partial charge in [-0.2, -0.15) is 0 Å². The predicted molar refractivity (Wildman–Crippen MR) is 45.3 cm³/mol. The number of ether oxygens (including phenoxy) is 1. The van der Waals surface area contributed by atoms with Crippen molar-refractivity contribution in [1.29, 1.82) is 0 Å². The zero-order valence-corrected chi connectivity index (χ0v) is 8.38. The fourth-order valence-corrected chi connectivity index (χ4v) is 1.44. The van der Waals surface area contributed by atoms with Crippen molar-refractivity contribution < 1.29 is 14.6 Å². The van der Waals surface area contributed by atoms with Crippen molar-refractivity contribution >= 4 is 52.4 Å². The first-order valence-electron chi connectivity index (χ1n) is 2.69. The lowest BCUT2D eigenvalue weighted by Gasteiger charge is -2.22. The van der Waals surface area contributed by atoms with Crippen LogP contribution in [0.2, 0.25) is 0 Å². The van der Waals surface area contributed by atoms with E-state index in [2.05, 4.69) is 4.74 Å². The summed E-state index contributed by atoms with van der Waals surface area (Å²) in [5, 5.41) is 8.59. The van der Waals surface area contributed by atoms with E-state index in [0.29, 0.717) is 0 Å². The first-order chi connectivity index (χ1) is 5.39. The summed E-state index contributed by atoms with van der Waals surface area (Å²) in [6.45, 7) is 0. The Morgan fingerprint density at radius 3 is 2.08 bits per heavy atom. The van der Waals surface area contributed by atoms with Crippen LogP contribution < -0.4 is 0 Å². The molecule has 1 rings (SSSR count). The molecule has 1 N–H and O–H groups in total. The number of halogens is 4. The van der Waals surface area contributed by atoms with Gasteiger partial charge in [-0.3, -0.25) is 0 Å². The number of cyclic esters (lactones) is 1. The van der Waals surface area contributed by atoms with Gasteiger partial charge >= 0.3 is 5.97 Å². The van der Waals surface area contributed by atoms with E-state index in [1.807, 2.05) is 0 Å². The lowest BCUT2D eigenvalue weighted by Crippen LogP contribution is -2.37. The fraction of sp³-hybridized carbons (Fsp3) is 0.400. The van der Waals surface area contributed by atoms with Gasteiger partial charge in [-0.1, -0.05) is 46.4 Å². The second kappa shape index (κ2) is 3.24. The molecular weight excluding hydrogens is 250 g/mol. The van der Waals surface area contributed by atoms with Crippen LogP contribution in [-0.4, -0.2) is 21.7 Å². The molecule has 1 heterocycles. The summed E-state index contributed by atoms with van der Waals surface area (Å²) in [7, 11) is 0. The summed E-state index contributed by atoms with van der Waals surface area (Å²) in [5.41, 5.74) is 0. The molecule has 1 aliphatic heterocycles. The lowest BCUT2D eigenvalue weighted by atomic mass is 10.3. The highest BCUT2D eigenvalue weighted by atomic mass is 35.5. The number of rotatable bonds is 1. The molecule has 7 heteroatoms. The molecule has 1 unspecified atom stereocenters. The van der Waals surface area contributed by atoms with E-state index in [-0.39, 0.29) is 0 Å². The predicted octanol–water partition coefficient (Wildman–Crippen LogP) is 1.72. The topological polar surface area (TPSA) is 46.5 Å². The molecule has 0 amide bonds. The van der Waals surface area contributed by atoms with Gasteiger partial charge in [-0.25, -0.2) is 4.79 Å². The third kappa shape index (κ3) is 1.40. The van der Waals surface area contributed by atoms with Crippen molar-refractivity contribution in [3.05, 3.63) is 10.1 Å². The van der Waals surface area contributed by atoms with Gasteiger partial charge in [0.1, 0.15) is 10.1 Å². The van der Waals surface area contributed by atoms with E-state index in [1.54, 1.807) is 0 Å². The molecule has 3 nitrogen and oxygen atoms in total. The molecule has 0 bridgehead atoms. The van der Waals surface area contributed by atoms with Gasteiger partial charge in [-0.15, -0.1) is 0 Å². The molecule has 0 aromatic rings. The maximum atomic E-state index is 10.7. The smallest absolute Gasteiger partial charge is 0.354 e. The molecule has 0 aliphatic carbocycles. The number of carbonyl (C=O) groups excluding carboxylic acids is 1. The first kappa shape index (κ1) is 10.4. The van der Waals surface area contributed by atoms with Crippen LogP contribution in [0, 0.1) is 0 Å². The quantitative estimate of drug-likeness (QED) is 0.570. The van der Waals surface area contributed by atoms with Crippen LogP contribution in [0.15, 0.2) is 10.1 Å². The van der Waals surface area contributed by atoms with Crippen LogP contribution in [0.25, 0.3) is 0 Å². The van der Waals surface area contributed by atoms with Gasteiger partial charge in [-0.05, 0) is 0 Å². The Bertz CT molecular complexity index is 261. The van der Waals surface area contributed by atoms with Gasteiger partial charge in [0.25, 0.3) is 5.79 Å². The standard InChI is InChI=1S/C5H2Cl4O3/c6-1-2(7)5(11,4(8)9)12-3(1)10/h4,11H. The summed E-state index contributed by atoms with van der Waals surface area (Å²) >= 11 is 21.4. The number of hydrogen-bond acceptors (Lipinski definition) is 3. The van der Waals surface area contributed by atoms with Gasteiger partial charge in [0.15, 0.2) is 4.84 Å². The molecule has 0 spiro atoms. The summed E-state index contributed by atoms with van der Waals surface area (Å²) < 4.78 is 4.35. The summed E-state index contributed by atoms with van der Waals surface area (Å²) in [5.74, 6) is -3.16. The van der Waals surface area contributed by atoms with Crippen LogP contribution in [0.5, 0.6) is 0 Å². The van der Waals surface area contributed by atoms with Crippen LogP contribution in [0.1, 0.15) is 0 Å². The Morgan fingerprint density at radius 1 is 1.42 bits per heavy atom. The molecule has 1 atom stereocenters. The molecule has 68 valence electrons. The van der Waals surface area contributed by atoms with Gasteiger partial charge < -0.3 is 9.84 Å². The van der Waals surface area contributed by atoms with E-state index in [4.69, 9.17) is 46.4 Å². The third-order valence-corrected chi connectivity index (χ3v) is 2.72. The first-order valence-corrected chi connectivity index (χ1v) is 4.32. The summed E-state index contributed by atoms with van der Waals surface area (Å²) in [4.78, 5) is 9.35. The van der Waals surface area contributed by atoms with Gasteiger partial charge in [0, 0.05) is 0 Å². The highest BCUT2D eigenvalue weighted by Crippen LogP contribution is 2.40. The minimum absolute atomic E-state index is 0.399. The Labute approximate surface area is 87.8 Å². The zero-order valence-electron chi connectivity index (χ0n) is 5.35. The Morgan fingerprint density at radius 2 is 1.92 bits per heavy atom. The van der Waals surface area contributed by atoms with Crippen molar-refractivity contribution in [2.24, 2.45) is 0 Å². The van der Waals surface area contributed by atoms with Crippen molar-refractivity contribution in [2.45, 2.75) is 10.6 Å². The van der Waals surface area contributed by atoms with E-state index in [1.165, 1.54) is 0 Å². The van der Waals surface area contributed by atoms with E-state index >= 15 is 0 Å². The summed E-state index contributed by atoms with van der Waals surface area (Å²) in [6, 6.07) is 0. The molecule has 1 aliphatic rings. The molecule has 0 aromatic carbocycles. The Kier molecular flexibility index (Phi) is 2.81. The number of hydrogen-bond donors (Lipinski definition) is 1. The number of esters is 1. The minimum Gasteiger partial charge on any atom is -0.420 e. The average molecular weight is 252 g/mol. The van der Waals surface area contributed by atoms with Crippen molar-refractivity contribution in [3.8, 4) is 0 Å². The molecular formula is C5H2Cl4O3. The molecule has 0 radical (unpaired) electrons. The lowest BCUT2D eigenvalue weighted by molar-refractivity contribution is -0.175. The monoisotopic (exact) mass is 250 g/mol. The second-order valence-corrected chi connectivity index (χ2v) is 3.87. The van der Waals surface area contributed by atoms with Crippen LogP contribution in [0.3, 0.4) is 0 Å². The van der Waals surface area contributed by atoms with Crippen LogP contribution in [0.4, 0.5) is 0 Å². The van der Waals surface area contributed by atoms with Crippen LogP contribution >= 0.6 is 46.4 Å². The molecule has 0 aromatic heterocycles. The van der Waals surface area contributed by atoms with E-state index in [9.17, 15) is 9.90 Å². The fourth-order valence-electron chi connectivity index (χ4n) is 0.618. The van der Waals surface area contributed by atoms with Crippen LogP contribution in [-0.2, 0) is 9.53 Å². The van der Waals surface area contributed by atoms with Crippen molar-refractivity contribution in [1.82, 2.24) is 0 Å². The van der Waals surface area contributed by atoms with Crippen molar-refractivity contribution in [3.63, 3.8) is 0 Å². The third-order valence-electron chi connectivity index (χ3n) is 1.23. The highest BCUT2D eigenvalue weighted by molar-refractivity contribution is 6.51. The normalized spacial score (nSPS) is 30.0. The Hall–Kier alpha value is 0.330. The largest absolute Gasteiger partial charge is 0.420 e. The van der Waals surface area contributed by atoms with Crippen molar-refractivity contribution in [2.75, 3.05) is 0 Å². The second-order valence-electron chi connectivity index (χ2n) is 2.01. The molecule has 0 fully saturated rings. The minimum atomic E-state index is -2.21. The maximum Gasteiger partial charge on any atom is 0.354 e. The maximum absolute atomic E-state index is 10.7. The number of aliphatic hydroxyl groups is 1. The Balaban J connectivity index is 3.08. The van der Waals surface area contributed by atoms with E-state index in [0.717, 1.165) is 0 Å². The zero-order chi connectivity index (χ0) is 9.52. The SMILES string of the molecule is O=C1OC(O)(C(Cl)Cl)C(Cl)=C1Cl. The summed E-state index contributed by atoms with van der Waals surface area (Å²) in [6.07, 6.45) is 0. The average Bonchev–Trinajstić information content (AvgIpc) is 2.17. The molecule has 12 heavy (non-hydrogen) atoms. The number of alkyl halides is 2. The number of carbonyl (C=O) groups is 1. The molecule has 0 saturated carbocycles. The van der Waals surface area contributed by atoms with Gasteiger partial charge in [0.05, 0.1) is 0 Å². The van der Waals surface area contributed by atoms with Gasteiger partial charge in [0.2, 0.25) is 0 Å². The highest BCUT2D eigenvalue weighted by Gasteiger charge is 2.50. The van der Waals surface area contributed by atoms with E-state index < -0.39 is 26.7 Å².